The van der Waals surface area contributed by atoms with Crippen LogP contribution in [0.25, 0.3) is 23.0 Å². The number of carbonyl (C=O) groups is 1. The summed E-state index contributed by atoms with van der Waals surface area (Å²) in [6, 6.07) is 19.4. The SMILES string of the molecule is COc1ccc(-c2nn(-c3ccccc3)cc2/C=C(\C#N)C(=O)N2CCCCC2)cc1. The van der Waals surface area contributed by atoms with Gasteiger partial charge in [-0.3, -0.25) is 4.79 Å². The minimum Gasteiger partial charge on any atom is -0.497 e. The first-order valence-corrected chi connectivity index (χ1v) is 10.4. The Morgan fingerprint density at radius 3 is 2.42 bits per heavy atom. The van der Waals surface area contributed by atoms with Crippen LogP contribution in [-0.4, -0.2) is 40.8 Å². The Balaban J connectivity index is 1.77. The van der Waals surface area contributed by atoms with Crippen LogP contribution in [0, 0.1) is 11.3 Å². The predicted molar refractivity (Wildman–Crippen MR) is 120 cm³/mol. The Kier molecular flexibility index (Phi) is 6.13. The summed E-state index contributed by atoms with van der Waals surface area (Å²) in [5.41, 5.74) is 3.33. The number of nitriles is 1. The Hall–Kier alpha value is -3.85. The molecule has 156 valence electrons. The number of hydrogen-bond donors (Lipinski definition) is 0. The molecule has 1 amide bonds. The number of para-hydroxylation sites is 1. The predicted octanol–water partition coefficient (Wildman–Crippen LogP) is 4.47. The molecule has 0 spiro atoms. The Morgan fingerprint density at radius 1 is 1.06 bits per heavy atom. The van der Waals surface area contributed by atoms with Gasteiger partial charge in [0, 0.05) is 30.4 Å². The number of likely N-dealkylation sites (tertiary alicyclic amines) is 1. The van der Waals surface area contributed by atoms with E-state index in [1.54, 1.807) is 22.8 Å². The molecule has 2 aromatic carbocycles. The number of carbonyl (C=O) groups excluding carboxylic acids is 1. The number of benzene rings is 2. The van der Waals surface area contributed by atoms with Gasteiger partial charge in [-0.25, -0.2) is 4.68 Å². The molecule has 2 heterocycles. The first kappa shape index (κ1) is 20.4. The summed E-state index contributed by atoms with van der Waals surface area (Å²) in [7, 11) is 1.62. The normalized spacial score (nSPS) is 14.2. The average Bonchev–Trinajstić information content (AvgIpc) is 3.27. The van der Waals surface area contributed by atoms with Crippen LogP contribution in [0.1, 0.15) is 24.8 Å². The van der Waals surface area contributed by atoms with Crippen molar-refractivity contribution in [1.29, 1.82) is 5.26 Å². The van der Waals surface area contributed by atoms with Gasteiger partial charge in [0.2, 0.25) is 0 Å². The van der Waals surface area contributed by atoms with Crippen LogP contribution in [-0.2, 0) is 4.79 Å². The van der Waals surface area contributed by atoms with Crippen molar-refractivity contribution in [3.63, 3.8) is 0 Å². The lowest BCUT2D eigenvalue weighted by atomic mass is 10.0. The summed E-state index contributed by atoms with van der Waals surface area (Å²) in [5, 5.41) is 14.5. The van der Waals surface area contributed by atoms with Crippen molar-refractivity contribution in [2.75, 3.05) is 20.2 Å². The van der Waals surface area contributed by atoms with E-state index in [-0.39, 0.29) is 11.5 Å². The lowest BCUT2D eigenvalue weighted by molar-refractivity contribution is -0.127. The van der Waals surface area contributed by atoms with Crippen molar-refractivity contribution < 1.29 is 9.53 Å². The third kappa shape index (κ3) is 4.51. The number of methoxy groups -OCH3 is 1. The standard InChI is InChI=1S/C25H24N4O2/c1-31-23-12-10-19(11-13-23)24-21(18-29(27-24)22-8-4-2-5-9-22)16-20(17-26)25(30)28-14-6-3-7-15-28/h2,4-5,8-13,16,18H,3,6-7,14-15H2,1H3/b20-16+. The van der Waals surface area contributed by atoms with E-state index in [1.165, 1.54) is 0 Å². The van der Waals surface area contributed by atoms with Gasteiger partial charge >= 0.3 is 0 Å². The van der Waals surface area contributed by atoms with Crippen molar-refractivity contribution in [3.05, 3.63) is 71.9 Å². The van der Waals surface area contributed by atoms with Gasteiger partial charge in [0.1, 0.15) is 17.4 Å². The first-order valence-electron chi connectivity index (χ1n) is 10.4. The quantitative estimate of drug-likeness (QED) is 0.458. The van der Waals surface area contributed by atoms with Gasteiger partial charge in [0.05, 0.1) is 18.5 Å². The molecule has 6 heteroatoms. The van der Waals surface area contributed by atoms with E-state index in [1.807, 2.05) is 60.8 Å². The smallest absolute Gasteiger partial charge is 0.264 e. The second kappa shape index (κ2) is 9.31. The van der Waals surface area contributed by atoms with Gasteiger partial charge in [-0.05, 0) is 61.7 Å². The number of nitrogens with zero attached hydrogens (tertiary/aromatic N) is 4. The van der Waals surface area contributed by atoms with E-state index in [4.69, 9.17) is 9.84 Å². The summed E-state index contributed by atoms with van der Waals surface area (Å²) in [4.78, 5) is 14.7. The molecule has 0 N–H and O–H groups in total. The van der Waals surface area contributed by atoms with E-state index in [0.29, 0.717) is 18.8 Å². The maximum absolute atomic E-state index is 12.9. The molecule has 3 aromatic rings. The molecule has 1 fully saturated rings. The number of rotatable bonds is 5. The highest BCUT2D eigenvalue weighted by molar-refractivity contribution is 6.02. The summed E-state index contributed by atoms with van der Waals surface area (Å²) >= 11 is 0. The minimum atomic E-state index is -0.213. The molecule has 0 aliphatic carbocycles. The van der Waals surface area contributed by atoms with E-state index in [9.17, 15) is 10.1 Å². The lowest BCUT2D eigenvalue weighted by Gasteiger charge is -2.26. The molecule has 6 nitrogen and oxygen atoms in total. The van der Waals surface area contributed by atoms with Gasteiger partial charge in [-0.15, -0.1) is 0 Å². The molecule has 1 saturated heterocycles. The molecular weight excluding hydrogens is 388 g/mol. The lowest BCUT2D eigenvalue weighted by Crippen LogP contribution is -2.36. The van der Waals surface area contributed by atoms with E-state index >= 15 is 0 Å². The molecule has 1 aromatic heterocycles. The summed E-state index contributed by atoms with van der Waals surface area (Å²) in [6.45, 7) is 1.40. The average molecular weight is 412 g/mol. The molecule has 4 rings (SSSR count). The van der Waals surface area contributed by atoms with Gasteiger partial charge < -0.3 is 9.64 Å². The summed E-state index contributed by atoms with van der Waals surface area (Å²) in [6.07, 6.45) is 6.60. The number of hydrogen-bond acceptors (Lipinski definition) is 4. The Morgan fingerprint density at radius 2 is 1.77 bits per heavy atom. The second-order valence-electron chi connectivity index (χ2n) is 7.46. The van der Waals surface area contributed by atoms with Crippen LogP contribution >= 0.6 is 0 Å². The largest absolute Gasteiger partial charge is 0.497 e. The fraction of sp³-hybridized carbons (Fsp3) is 0.240. The minimum absolute atomic E-state index is 0.129. The zero-order valence-corrected chi connectivity index (χ0v) is 17.5. The van der Waals surface area contributed by atoms with Crippen molar-refractivity contribution in [2.45, 2.75) is 19.3 Å². The Labute approximate surface area is 182 Å². The monoisotopic (exact) mass is 412 g/mol. The number of piperidine rings is 1. The number of ether oxygens (including phenoxy) is 1. The maximum Gasteiger partial charge on any atom is 0.264 e. The molecule has 31 heavy (non-hydrogen) atoms. The molecule has 0 radical (unpaired) electrons. The van der Waals surface area contributed by atoms with E-state index in [0.717, 1.165) is 41.8 Å². The molecule has 0 saturated carbocycles. The van der Waals surface area contributed by atoms with Crippen LogP contribution < -0.4 is 4.74 Å². The third-order valence-corrected chi connectivity index (χ3v) is 5.42. The van der Waals surface area contributed by atoms with Gasteiger partial charge in [0.25, 0.3) is 5.91 Å². The number of aromatic nitrogens is 2. The topological polar surface area (TPSA) is 71.1 Å². The summed E-state index contributed by atoms with van der Waals surface area (Å²) in [5.74, 6) is 0.539. The van der Waals surface area contributed by atoms with Crippen molar-refractivity contribution in [3.8, 4) is 28.8 Å². The van der Waals surface area contributed by atoms with Crippen LogP contribution in [0.3, 0.4) is 0 Å². The molecule has 0 unspecified atom stereocenters. The molecule has 1 aliphatic heterocycles. The summed E-state index contributed by atoms with van der Waals surface area (Å²) < 4.78 is 7.03. The van der Waals surface area contributed by atoms with E-state index < -0.39 is 0 Å². The van der Waals surface area contributed by atoms with Gasteiger partial charge in [-0.1, -0.05) is 18.2 Å². The van der Waals surface area contributed by atoms with Crippen LogP contribution in [0.4, 0.5) is 0 Å². The Bertz CT molecular complexity index is 1120. The van der Waals surface area contributed by atoms with Crippen molar-refractivity contribution >= 4 is 12.0 Å². The molecular formula is C25H24N4O2. The van der Waals surface area contributed by atoms with Crippen molar-refractivity contribution in [1.82, 2.24) is 14.7 Å². The highest BCUT2D eigenvalue weighted by Crippen LogP contribution is 2.28. The molecule has 0 bridgehead atoms. The fourth-order valence-corrected chi connectivity index (χ4v) is 3.74. The van der Waals surface area contributed by atoms with Crippen LogP contribution in [0.5, 0.6) is 5.75 Å². The van der Waals surface area contributed by atoms with E-state index in [2.05, 4.69) is 6.07 Å². The van der Waals surface area contributed by atoms with Gasteiger partial charge in [0.15, 0.2) is 0 Å². The highest BCUT2D eigenvalue weighted by Gasteiger charge is 2.21. The molecule has 1 aliphatic rings. The zero-order valence-electron chi connectivity index (χ0n) is 17.5. The van der Waals surface area contributed by atoms with Crippen LogP contribution in [0.2, 0.25) is 0 Å². The fourth-order valence-electron chi connectivity index (χ4n) is 3.74. The van der Waals surface area contributed by atoms with Crippen molar-refractivity contribution in [2.24, 2.45) is 0 Å². The highest BCUT2D eigenvalue weighted by atomic mass is 16.5. The number of amides is 1. The molecule has 0 atom stereocenters. The third-order valence-electron chi connectivity index (χ3n) is 5.42. The van der Waals surface area contributed by atoms with Crippen LogP contribution in [0.15, 0.2) is 66.4 Å². The first-order chi connectivity index (χ1) is 15.2. The zero-order chi connectivity index (χ0) is 21.6. The second-order valence-corrected chi connectivity index (χ2v) is 7.46. The maximum atomic E-state index is 12.9. The van der Waals surface area contributed by atoms with Gasteiger partial charge in [-0.2, -0.15) is 10.4 Å².